The highest BCUT2D eigenvalue weighted by molar-refractivity contribution is 5.91. The Morgan fingerprint density at radius 1 is 1.25 bits per heavy atom. The number of hydrogen-bond acceptors (Lipinski definition) is 5. The Morgan fingerprint density at radius 2 is 2.17 bits per heavy atom. The first kappa shape index (κ1) is 14.6. The van der Waals surface area contributed by atoms with Gasteiger partial charge in [0.05, 0.1) is 5.56 Å². The lowest BCUT2D eigenvalue weighted by atomic mass is 10.0. The Labute approximate surface area is 138 Å². The average molecular weight is 320 g/mol. The Bertz CT molecular complexity index is 898. The van der Waals surface area contributed by atoms with Gasteiger partial charge in [0.1, 0.15) is 5.82 Å². The van der Waals surface area contributed by atoms with Gasteiger partial charge < -0.3 is 10.0 Å². The summed E-state index contributed by atoms with van der Waals surface area (Å²) in [6, 6.07) is 9.50. The van der Waals surface area contributed by atoms with Gasteiger partial charge in [0.15, 0.2) is 5.65 Å². The van der Waals surface area contributed by atoms with Crippen molar-refractivity contribution in [3.05, 3.63) is 60.0 Å². The Morgan fingerprint density at radius 3 is 2.96 bits per heavy atom. The zero-order chi connectivity index (χ0) is 16.5. The Balaban J connectivity index is 1.58. The van der Waals surface area contributed by atoms with Gasteiger partial charge in [-0.25, -0.2) is 14.8 Å². The van der Waals surface area contributed by atoms with Crippen LogP contribution < -0.4 is 4.90 Å². The fourth-order valence-corrected chi connectivity index (χ4v) is 3.15. The number of carboxylic acid groups (broad SMARTS) is 1. The molecule has 3 aromatic heterocycles. The first-order valence-electron chi connectivity index (χ1n) is 7.86. The molecule has 0 spiro atoms. The largest absolute Gasteiger partial charge is 0.478 e. The van der Waals surface area contributed by atoms with E-state index in [2.05, 4.69) is 25.9 Å². The fraction of sp³-hybridized carbons (Fsp3) is 0.222. The van der Waals surface area contributed by atoms with Crippen molar-refractivity contribution in [1.82, 2.24) is 15.0 Å². The third-order valence-corrected chi connectivity index (χ3v) is 4.44. The van der Waals surface area contributed by atoms with E-state index in [1.54, 1.807) is 12.3 Å². The van der Waals surface area contributed by atoms with Crippen molar-refractivity contribution >= 4 is 22.8 Å². The molecule has 0 radical (unpaired) electrons. The molecule has 0 aromatic carbocycles. The van der Waals surface area contributed by atoms with Crippen LogP contribution in [0.25, 0.3) is 11.0 Å². The summed E-state index contributed by atoms with van der Waals surface area (Å²) in [7, 11) is 0. The Hall–Kier alpha value is -3.02. The molecule has 6 nitrogen and oxygen atoms in total. The molecule has 1 N–H and O–H groups in total. The van der Waals surface area contributed by atoms with Crippen molar-refractivity contribution in [2.75, 3.05) is 18.0 Å². The Kier molecular flexibility index (Phi) is 3.57. The van der Waals surface area contributed by atoms with E-state index in [1.807, 2.05) is 24.4 Å². The molecule has 0 aliphatic carbocycles. The molecule has 1 atom stereocenters. The maximum atomic E-state index is 11.0. The van der Waals surface area contributed by atoms with Gasteiger partial charge in [-0.15, -0.1) is 0 Å². The predicted octanol–water partition coefficient (Wildman–Crippen LogP) is 2.72. The minimum atomic E-state index is -0.979. The number of anilines is 1. The average Bonchev–Trinajstić information content (AvgIpc) is 3.11. The van der Waals surface area contributed by atoms with Gasteiger partial charge in [0.25, 0.3) is 0 Å². The maximum absolute atomic E-state index is 11.0. The van der Waals surface area contributed by atoms with Crippen LogP contribution in [0, 0.1) is 0 Å². The standard InChI is InChI=1S/C18H16N4O2/c23-18(24)15-8-12-3-4-16(21-17(12)20-10-15)22-7-5-14(11-22)13-2-1-6-19-9-13/h1-4,6,8-10,14H,5,7,11H2,(H,23,24). The topological polar surface area (TPSA) is 79.2 Å². The second kappa shape index (κ2) is 5.88. The first-order valence-corrected chi connectivity index (χ1v) is 7.86. The third kappa shape index (κ3) is 2.67. The highest BCUT2D eigenvalue weighted by Gasteiger charge is 2.25. The van der Waals surface area contributed by atoms with E-state index < -0.39 is 5.97 Å². The lowest BCUT2D eigenvalue weighted by molar-refractivity contribution is 0.0696. The van der Waals surface area contributed by atoms with E-state index in [-0.39, 0.29) is 5.56 Å². The summed E-state index contributed by atoms with van der Waals surface area (Å²) in [6.45, 7) is 1.84. The van der Waals surface area contributed by atoms with Crippen LogP contribution in [0.4, 0.5) is 5.82 Å². The number of fused-ring (bicyclic) bond motifs is 1. The molecular formula is C18H16N4O2. The predicted molar refractivity (Wildman–Crippen MR) is 90.3 cm³/mol. The van der Waals surface area contributed by atoms with Gasteiger partial charge in [0, 0.05) is 43.0 Å². The second-order valence-corrected chi connectivity index (χ2v) is 5.96. The normalized spacial score (nSPS) is 17.3. The lowest BCUT2D eigenvalue weighted by Gasteiger charge is -2.18. The highest BCUT2D eigenvalue weighted by Crippen LogP contribution is 2.30. The molecule has 24 heavy (non-hydrogen) atoms. The molecule has 0 bridgehead atoms. The van der Waals surface area contributed by atoms with E-state index in [1.165, 1.54) is 11.8 Å². The summed E-state index contributed by atoms with van der Waals surface area (Å²) in [4.78, 5) is 26.2. The van der Waals surface area contributed by atoms with Crippen LogP contribution in [0.2, 0.25) is 0 Å². The summed E-state index contributed by atoms with van der Waals surface area (Å²) in [5.41, 5.74) is 2.00. The molecule has 1 aliphatic rings. The van der Waals surface area contributed by atoms with E-state index >= 15 is 0 Å². The smallest absolute Gasteiger partial charge is 0.337 e. The number of rotatable bonds is 3. The van der Waals surface area contributed by atoms with Gasteiger partial charge in [-0.1, -0.05) is 6.07 Å². The molecule has 0 amide bonds. The molecule has 1 fully saturated rings. The summed E-state index contributed by atoms with van der Waals surface area (Å²) in [5.74, 6) is 0.357. The number of nitrogens with zero attached hydrogens (tertiary/aromatic N) is 4. The van der Waals surface area contributed by atoms with E-state index in [0.29, 0.717) is 11.6 Å². The van der Waals surface area contributed by atoms with E-state index in [9.17, 15) is 4.79 Å². The molecule has 1 aliphatic heterocycles. The van der Waals surface area contributed by atoms with Crippen LogP contribution in [0.1, 0.15) is 28.3 Å². The minimum absolute atomic E-state index is 0.176. The number of hydrogen-bond donors (Lipinski definition) is 1. The lowest BCUT2D eigenvalue weighted by Crippen LogP contribution is -2.20. The van der Waals surface area contributed by atoms with Crippen LogP contribution >= 0.6 is 0 Å². The van der Waals surface area contributed by atoms with Crippen LogP contribution in [-0.4, -0.2) is 39.1 Å². The van der Waals surface area contributed by atoms with Gasteiger partial charge in [-0.05, 0) is 36.2 Å². The number of carbonyl (C=O) groups is 1. The molecule has 4 heterocycles. The van der Waals surface area contributed by atoms with Gasteiger partial charge in [-0.2, -0.15) is 0 Å². The number of aromatic nitrogens is 3. The first-order chi connectivity index (χ1) is 11.7. The quantitative estimate of drug-likeness (QED) is 0.799. The molecule has 0 saturated carbocycles. The van der Waals surface area contributed by atoms with Crippen LogP contribution in [0.5, 0.6) is 0 Å². The van der Waals surface area contributed by atoms with Crippen molar-refractivity contribution in [3.8, 4) is 0 Å². The van der Waals surface area contributed by atoms with Crippen LogP contribution in [-0.2, 0) is 0 Å². The van der Waals surface area contributed by atoms with Crippen molar-refractivity contribution in [1.29, 1.82) is 0 Å². The van der Waals surface area contributed by atoms with Crippen molar-refractivity contribution in [2.24, 2.45) is 0 Å². The molecule has 6 heteroatoms. The number of carboxylic acids is 1. The molecule has 1 saturated heterocycles. The molecule has 4 rings (SSSR count). The maximum Gasteiger partial charge on any atom is 0.337 e. The van der Waals surface area contributed by atoms with Gasteiger partial charge in [0.2, 0.25) is 0 Å². The van der Waals surface area contributed by atoms with Gasteiger partial charge in [-0.3, -0.25) is 4.98 Å². The monoisotopic (exact) mass is 320 g/mol. The van der Waals surface area contributed by atoms with Crippen molar-refractivity contribution in [2.45, 2.75) is 12.3 Å². The molecule has 3 aromatic rings. The summed E-state index contributed by atoms with van der Waals surface area (Å²) in [6.07, 6.45) is 6.13. The summed E-state index contributed by atoms with van der Waals surface area (Å²) < 4.78 is 0. The van der Waals surface area contributed by atoms with Crippen LogP contribution in [0.3, 0.4) is 0 Å². The molecular weight excluding hydrogens is 304 g/mol. The molecule has 120 valence electrons. The zero-order valence-electron chi connectivity index (χ0n) is 13.0. The van der Waals surface area contributed by atoms with Gasteiger partial charge >= 0.3 is 5.97 Å². The summed E-state index contributed by atoms with van der Waals surface area (Å²) in [5, 5.41) is 9.77. The van der Waals surface area contributed by atoms with E-state index in [0.717, 1.165) is 30.7 Å². The van der Waals surface area contributed by atoms with Crippen LogP contribution in [0.15, 0.2) is 48.9 Å². The second-order valence-electron chi connectivity index (χ2n) is 5.96. The third-order valence-electron chi connectivity index (χ3n) is 4.44. The van der Waals surface area contributed by atoms with Crippen molar-refractivity contribution in [3.63, 3.8) is 0 Å². The highest BCUT2D eigenvalue weighted by atomic mass is 16.4. The molecule has 1 unspecified atom stereocenters. The minimum Gasteiger partial charge on any atom is -0.478 e. The number of pyridine rings is 3. The SMILES string of the molecule is O=C(O)c1cnc2nc(N3CCC(c4cccnc4)C3)ccc2c1. The number of aromatic carboxylic acids is 1. The summed E-state index contributed by atoms with van der Waals surface area (Å²) >= 11 is 0. The van der Waals surface area contributed by atoms with Crippen molar-refractivity contribution < 1.29 is 9.90 Å². The fourth-order valence-electron chi connectivity index (χ4n) is 3.15. The van der Waals surface area contributed by atoms with E-state index in [4.69, 9.17) is 5.11 Å². The zero-order valence-corrected chi connectivity index (χ0v) is 13.0.